The summed E-state index contributed by atoms with van der Waals surface area (Å²) in [6.45, 7) is 1.90. The number of nitrogens with zero attached hydrogens (tertiary/aromatic N) is 1. The van der Waals surface area contributed by atoms with Crippen LogP contribution in [0.2, 0.25) is 0 Å². The van der Waals surface area contributed by atoms with Crippen LogP contribution in [0.4, 0.5) is 4.39 Å². The molecule has 1 heterocycles. The average Bonchev–Trinajstić information content (AvgIpc) is 2.78. The third-order valence-corrected chi connectivity index (χ3v) is 3.04. The molecule has 0 radical (unpaired) electrons. The van der Waals surface area contributed by atoms with Crippen molar-refractivity contribution in [3.05, 3.63) is 46.2 Å². The largest absolute Gasteiger partial charge is 0.488 e. The fourth-order valence-electron chi connectivity index (χ4n) is 1.40. The van der Waals surface area contributed by atoms with Gasteiger partial charge in [-0.15, -0.1) is 11.3 Å². The molecule has 2 aromatic rings. The topological polar surface area (TPSA) is 42.4 Å². The number of thiazole rings is 1. The zero-order valence-electron chi connectivity index (χ0n) is 9.26. The van der Waals surface area contributed by atoms with Gasteiger partial charge >= 0.3 is 0 Å². The summed E-state index contributed by atoms with van der Waals surface area (Å²) in [7, 11) is 0. The predicted octanol–water partition coefficient (Wildman–Crippen LogP) is 2.91. The van der Waals surface area contributed by atoms with Crippen molar-refractivity contribution >= 4 is 11.3 Å². The first-order valence-corrected chi connectivity index (χ1v) is 6.02. The van der Waals surface area contributed by atoms with E-state index >= 15 is 0 Å². The van der Waals surface area contributed by atoms with Gasteiger partial charge in [-0.3, -0.25) is 4.98 Å². The molecular weight excluding hydrogens is 241 g/mol. The van der Waals surface area contributed by atoms with Gasteiger partial charge in [-0.05, 0) is 19.1 Å². The normalized spacial score (nSPS) is 12.4. The van der Waals surface area contributed by atoms with E-state index in [1.54, 1.807) is 17.8 Å². The van der Waals surface area contributed by atoms with Crippen LogP contribution in [0.3, 0.4) is 0 Å². The molecule has 0 bridgehead atoms. The van der Waals surface area contributed by atoms with Crippen LogP contribution in [0.5, 0.6) is 5.75 Å². The zero-order chi connectivity index (χ0) is 12.3. The Morgan fingerprint density at radius 2 is 2.35 bits per heavy atom. The lowest BCUT2D eigenvalue weighted by atomic mass is 10.1. The minimum absolute atomic E-state index is 0.273. The lowest BCUT2D eigenvalue weighted by Crippen LogP contribution is -1.98. The summed E-state index contributed by atoms with van der Waals surface area (Å²) in [5, 5.41) is 9.29. The van der Waals surface area contributed by atoms with Crippen LogP contribution in [0.15, 0.2) is 29.9 Å². The molecule has 2 rings (SSSR count). The molecule has 1 N–H and O–H groups in total. The van der Waals surface area contributed by atoms with E-state index in [0.29, 0.717) is 12.4 Å². The van der Waals surface area contributed by atoms with Gasteiger partial charge < -0.3 is 9.84 Å². The second kappa shape index (κ2) is 5.25. The number of aliphatic hydroxyl groups excluding tert-OH is 1. The van der Waals surface area contributed by atoms with Crippen LogP contribution in [0.25, 0.3) is 0 Å². The molecule has 1 atom stereocenters. The van der Waals surface area contributed by atoms with E-state index in [4.69, 9.17) is 4.74 Å². The van der Waals surface area contributed by atoms with E-state index in [2.05, 4.69) is 4.98 Å². The van der Waals surface area contributed by atoms with Gasteiger partial charge in [0.2, 0.25) is 0 Å². The number of benzene rings is 1. The smallest absolute Gasteiger partial charge is 0.132 e. The van der Waals surface area contributed by atoms with Gasteiger partial charge in [0.15, 0.2) is 0 Å². The molecule has 0 spiro atoms. The summed E-state index contributed by atoms with van der Waals surface area (Å²) >= 11 is 1.48. The van der Waals surface area contributed by atoms with E-state index in [9.17, 15) is 9.50 Å². The Morgan fingerprint density at radius 3 is 2.94 bits per heavy atom. The Balaban J connectivity index is 2.05. The van der Waals surface area contributed by atoms with Gasteiger partial charge in [-0.25, -0.2) is 4.39 Å². The monoisotopic (exact) mass is 253 g/mol. The summed E-state index contributed by atoms with van der Waals surface area (Å²) in [5.74, 6) is -0.0119. The van der Waals surface area contributed by atoms with E-state index in [1.165, 1.54) is 30.4 Å². The maximum Gasteiger partial charge on any atom is 0.132 e. The standard InChI is InChI=1S/C12H12FNO2S/c1-8(15)11-3-2-9(4-12(11)13)16-6-10-5-14-7-17-10/h2-5,7-8,15H,6H2,1H3. The predicted molar refractivity (Wildman–Crippen MR) is 63.5 cm³/mol. The Morgan fingerprint density at radius 1 is 1.53 bits per heavy atom. The summed E-state index contributed by atoms with van der Waals surface area (Å²) in [4.78, 5) is 4.90. The molecular formula is C12H12FNO2S. The van der Waals surface area contributed by atoms with E-state index < -0.39 is 11.9 Å². The van der Waals surface area contributed by atoms with Gasteiger partial charge in [0.1, 0.15) is 18.2 Å². The van der Waals surface area contributed by atoms with Gasteiger partial charge in [-0.1, -0.05) is 0 Å². The molecule has 5 heteroatoms. The number of aliphatic hydroxyl groups is 1. The van der Waals surface area contributed by atoms with Crippen LogP contribution in [-0.2, 0) is 6.61 Å². The fraction of sp³-hybridized carbons (Fsp3) is 0.250. The lowest BCUT2D eigenvalue weighted by Gasteiger charge is -2.09. The minimum atomic E-state index is -0.814. The van der Waals surface area contributed by atoms with Crippen LogP contribution in [0, 0.1) is 5.82 Å². The molecule has 0 aliphatic carbocycles. The first kappa shape index (κ1) is 12.0. The van der Waals surface area contributed by atoms with Gasteiger partial charge in [-0.2, -0.15) is 0 Å². The van der Waals surface area contributed by atoms with Crippen LogP contribution in [0.1, 0.15) is 23.5 Å². The van der Waals surface area contributed by atoms with E-state index in [-0.39, 0.29) is 5.56 Å². The third-order valence-electron chi connectivity index (χ3n) is 2.29. The molecule has 0 amide bonds. The van der Waals surface area contributed by atoms with Crippen molar-refractivity contribution in [1.82, 2.24) is 4.98 Å². The van der Waals surface area contributed by atoms with Crippen LogP contribution in [-0.4, -0.2) is 10.1 Å². The first-order chi connectivity index (χ1) is 8.16. The molecule has 0 saturated carbocycles. The Bertz CT molecular complexity index is 485. The summed E-state index contributed by atoms with van der Waals surface area (Å²) < 4.78 is 18.9. The van der Waals surface area contributed by atoms with Crippen molar-refractivity contribution in [1.29, 1.82) is 0 Å². The number of hydrogen-bond acceptors (Lipinski definition) is 4. The van der Waals surface area contributed by atoms with Crippen molar-refractivity contribution < 1.29 is 14.2 Å². The molecule has 0 saturated heterocycles. The van der Waals surface area contributed by atoms with Crippen LogP contribution >= 0.6 is 11.3 Å². The lowest BCUT2D eigenvalue weighted by molar-refractivity contribution is 0.194. The molecule has 0 aliphatic heterocycles. The molecule has 1 aromatic heterocycles. The second-order valence-corrected chi connectivity index (χ2v) is 4.59. The fourth-order valence-corrected chi connectivity index (χ4v) is 1.91. The molecule has 1 aromatic carbocycles. The zero-order valence-corrected chi connectivity index (χ0v) is 10.1. The second-order valence-electron chi connectivity index (χ2n) is 3.62. The molecule has 1 unspecified atom stereocenters. The Kier molecular flexibility index (Phi) is 3.71. The minimum Gasteiger partial charge on any atom is -0.488 e. The average molecular weight is 253 g/mol. The van der Waals surface area contributed by atoms with Crippen molar-refractivity contribution in [3.8, 4) is 5.75 Å². The summed E-state index contributed by atoms with van der Waals surface area (Å²) in [5.41, 5.74) is 1.99. The Hall–Kier alpha value is -1.46. The van der Waals surface area contributed by atoms with Crippen molar-refractivity contribution in [2.45, 2.75) is 19.6 Å². The number of ether oxygens (including phenoxy) is 1. The molecule has 90 valence electrons. The first-order valence-electron chi connectivity index (χ1n) is 5.14. The van der Waals surface area contributed by atoms with E-state index in [0.717, 1.165) is 4.88 Å². The van der Waals surface area contributed by atoms with Crippen molar-refractivity contribution in [2.24, 2.45) is 0 Å². The quantitative estimate of drug-likeness (QED) is 0.911. The number of rotatable bonds is 4. The van der Waals surface area contributed by atoms with Gasteiger partial charge in [0.05, 0.1) is 16.5 Å². The number of aromatic nitrogens is 1. The molecule has 3 nitrogen and oxygen atoms in total. The molecule has 17 heavy (non-hydrogen) atoms. The molecule has 0 fully saturated rings. The van der Waals surface area contributed by atoms with Gasteiger partial charge in [0.25, 0.3) is 0 Å². The van der Waals surface area contributed by atoms with E-state index in [1.807, 2.05) is 0 Å². The summed E-state index contributed by atoms with van der Waals surface area (Å²) in [6.07, 6.45) is 0.899. The highest BCUT2D eigenvalue weighted by atomic mass is 32.1. The Labute approximate surface area is 103 Å². The van der Waals surface area contributed by atoms with Crippen molar-refractivity contribution in [3.63, 3.8) is 0 Å². The summed E-state index contributed by atoms with van der Waals surface area (Å²) in [6, 6.07) is 4.46. The highest BCUT2D eigenvalue weighted by Gasteiger charge is 2.09. The van der Waals surface area contributed by atoms with Crippen molar-refractivity contribution in [2.75, 3.05) is 0 Å². The van der Waals surface area contributed by atoms with Crippen LogP contribution < -0.4 is 4.74 Å². The van der Waals surface area contributed by atoms with Gasteiger partial charge in [0, 0.05) is 17.8 Å². The highest BCUT2D eigenvalue weighted by molar-refractivity contribution is 7.09. The third kappa shape index (κ3) is 3.01. The number of hydrogen-bond donors (Lipinski definition) is 1. The highest BCUT2D eigenvalue weighted by Crippen LogP contribution is 2.22. The number of halogens is 1. The maximum absolute atomic E-state index is 13.5. The molecule has 0 aliphatic rings. The maximum atomic E-state index is 13.5. The SMILES string of the molecule is CC(O)c1ccc(OCc2cncs2)cc1F.